The number of anilines is 1. The van der Waals surface area contributed by atoms with E-state index in [0.717, 1.165) is 16.7 Å². The Morgan fingerprint density at radius 2 is 1.47 bits per heavy atom. The molecule has 0 radical (unpaired) electrons. The predicted octanol–water partition coefficient (Wildman–Crippen LogP) is 5.87. The second-order valence-electron chi connectivity index (χ2n) is 10.9. The standard InChI is InChI=1S/C35H36N4O4/c1-3-35(31-20-19-29-33(36)37-25-38-39(29)31)34(2,42-23-28-17-11-6-12-18-28)32(41-22-27-15-9-5-10-16-27)30(43-35)24-40-21-26-13-7-4-8-14-26/h3-20,25,30,32H,1,21-24H2,2H3,(H2,36,37,38)/t30-,32-,34-,35+/m1/s1. The van der Waals surface area contributed by atoms with Crippen LogP contribution in [0.2, 0.25) is 0 Å². The van der Waals surface area contributed by atoms with Crippen LogP contribution in [0, 0.1) is 0 Å². The van der Waals surface area contributed by atoms with Gasteiger partial charge in [-0.25, -0.2) is 9.50 Å². The molecule has 0 saturated carbocycles. The molecule has 6 rings (SSSR count). The fourth-order valence-corrected chi connectivity index (χ4v) is 5.90. The SMILES string of the molecule is C=C[C@@]1(c2ccc3c(N)ncnn23)O[C@H](COCc2ccccc2)[C@@H](OCc2ccccc2)[C@@]1(C)OCc1ccccc1. The van der Waals surface area contributed by atoms with Crippen molar-refractivity contribution in [2.45, 2.75) is 50.2 Å². The molecule has 5 aromatic rings. The number of nitrogens with two attached hydrogens (primary N) is 1. The molecule has 0 spiro atoms. The molecule has 1 aliphatic rings. The lowest BCUT2D eigenvalue weighted by Crippen LogP contribution is -2.54. The fraction of sp³-hybridized carbons (Fsp3) is 0.257. The van der Waals surface area contributed by atoms with Crippen LogP contribution in [0.4, 0.5) is 5.82 Å². The van der Waals surface area contributed by atoms with E-state index < -0.39 is 23.4 Å². The van der Waals surface area contributed by atoms with E-state index in [1.54, 1.807) is 10.6 Å². The van der Waals surface area contributed by atoms with Gasteiger partial charge in [-0.1, -0.05) is 104 Å². The molecule has 8 nitrogen and oxygen atoms in total. The van der Waals surface area contributed by atoms with Crippen molar-refractivity contribution in [3.05, 3.63) is 144 Å². The van der Waals surface area contributed by atoms with Crippen LogP contribution >= 0.6 is 0 Å². The quantitative estimate of drug-likeness (QED) is 0.186. The van der Waals surface area contributed by atoms with E-state index in [1.165, 1.54) is 6.33 Å². The van der Waals surface area contributed by atoms with E-state index >= 15 is 0 Å². The molecule has 2 aromatic heterocycles. The third-order valence-electron chi connectivity index (χ3n) is 8.15. The molecular weight excluding hydrogens is 540 g/mol. The summed E-state index contributed by atoms with van der Waals surface area (Å²) in [5, 5.41) is 4.54. The molecule has 0 bridgehead atoms. The third kappa shape index (κ3) is 5.58. The van der Waals surface area contributed by atoms with E-state index in [2.05, 4.69) is 16.7 Å². The molecule has 0 aliphatic carbocycles. The summed E-state index contributed by atoms with van der Waals surface area (Å²) in [4.78, 5) is 4.17. The van der Waals surface area contributed by atoms with Crippen LogP contribution in [0.1, 0.15) is 29.3 Å². The zero-order valence-corrected chi connectivity index (χ0v) is 24.2. The maximum Gasteiger partial charge on any atom is 0.160 e. The Bertz CT molecular complexity index is 1650. The number of hydrogen-bond donors (Lipinski definition) is 1. The largest absolute Gasteiger partial charge is 0.382 e. The number of nitrogen functional groups attached to an aromatic ring is 1. The molecule has 3 heterocycles. The summed E-state index contributed by atoms with van der Waals surface area (Å²) in [5.41, 5.74) is 8.50. The number of benzene rings is 3. The average molecular weight is 577 g/mol. The topological polar surface area (TPSA) is 93.1 Å². The molecule has 0 unspecified atom stereocenters. The van der Waals surface area contributed by atoms with Crippen molar-refractivity contribution < 1.29 is 18.9 Å². The van der Waals surface area contributed by atoms with Gasteiger partial charge in [-0.05, 0) is 35.7 Å². The highest BCUT2D eigenvalue weighted by Gasteiger charge is 2.65. The van der Waals surface area contributed by atoms with Crippen LogP contribution in [-0.4, -0.2) is 39.0 Å². The van der Waals surface area contributed by atoms with Crippen molar-refractivity contribution in [3.63, 3.8) is 0 Å². The van der Waals surface area contributed by atoms with Crippen molar-refractivity contribution in [2.75, 3.05) is 12.3 Å². The Kier molecular flexibility index (Phi) is 8.35. The first-order valence-electron chi connectivity index (χ1n) is 14.4. The van der Waals surface area contributed by atoms with Gasteiger partial charge in [0.15, 0.2) is 11.4 Å². The molecule has 220 valence electrons. The van der Waals surface area contributed by atoms with Gasteiger partial charge in [-0.3, -0.25) is 0 Å². The van der Waals surface area contributed by atoms with Gasteiger partial charge >= 0.3 is 0 Å². The highest BCUT2D eigenvalue weighted by molar-refractivity contribution is 5.66. The van der Waals surface area contributed by atoms with Gasteiger partial charge < -0.3 is 24.7 Å². The van der Waals surface area contributed by atoms with Crippen LogP contribution in [0.5, 0.6) is 0 Å². The van der Waals surface area contributed by atoms with Crippen molar-refractivity contribution >= 4 is 11.3 Å². The first kappa shape index (κ1) is 28.8. The molecular formula is C35H36N4O4. The van der Waals surface area contributed by atoms with Crippen molar-refractivity contribution in [1.82, 2.24) is 14.6 Å². The normalized spacial score (nSPS) is 23.5. The maximum absolute atomic E-state index is 7.02. The lowest BCUT2D eigenvalue weighted by atomic mass is 9.78. The van der Waals surface area contributed by atoms with Crippen molar-refractivity contribution in [2.24, 2.45) is 0 Å². The van der Waals surface area contributed by atoms with Gasteiger partial charge in [-0.15, -0.1) is 0 Å². The van der Waals surface area contributed by atoms with Crippen molar-refractivity contribution in [1.29, 1.82) is 0 Å². The number of ether oxygens (including phenoxy) is 4. The summed E-state index contributed by atoms with van der Waals surface area (Å²) < 4.78 is 28.7. The van der Waals surface area contributed by atoms with Crippen LogP contribution < -0.4 is 5.73 Å². The number of fused-ring (bicyclic) bond motifs is 1. The minimum Gasteiger partial charge on any atom is -0.382 e. The van der Waals surface area contributed by atoms with Crippen molar-refractivity contribution in [3.8, 4) is 0 Å². The predicted molar refractivity (Wildman–Crippen MR) is 165 cm³/mol. The maximum atomic E-state index is 7.02. The van der Waals surface area contributed by atoms with E-state index in [1.807, 2.05) is 110 Å². The summed E-state index contributed by atoms with van der Waals surface area (Å²) in [6.45, 7) is 7.71. The van der Waals surface area contributed by atoms with Gasteiger partial charge in [0.05, 0.1) is 32.1 Å². The zero-order valence-electron chi connectivity index (χ0n) is 24.2. The highest BCUT2D eigenvalue weighted by Crippen LogP contribution is 2.52. The van der Waals surface area contributed by atoms with Crippen LogP contribution in [0.3, 0.4) is 0 Å². The Morgan fingerprint density at radius 1 is 0.860 bits per heavy atom. The third-order valence-corrected chi connectivity index (χ3v) is 8.15. The van der Waals surface area contributed by atoms with Gasteiger partial charge in [0.1, 0.15) is 29.7 Å². The molecule has 1 saturated heterocycles. The first-order valence-corrected chi connectivity index (χ1v) is 14.4. The van der Waals surface area contributed by atoms with Crippen LogP contribution in [-0.2, 0) is 44.4 Å². The summed E-state index contributed by atoms with van der Waals surface area (Å²) >= 11 is 0. The number of nitrogens with zero attached hydrogens (tertiary/aromatic N) is 3. The molecule has 0 amide bonds. The minimum absolute atomic E-state index is 0.272. The number of rotatable bonds is 12. The van der Waals surface area contributed by atoms with E-state index in [0.29, 0.717) is 36.8 Å². The smallest absolute Gasteiger partial charge is 0.160 e. The lowest BCUT2D eigenvalue weighted by Gasteiger charge is -2.42. The van der Waals surface area contributed by atoms with Crippen LogP contribution in [0.25, 0.3) is 5.52 Å². The lowest BCUT2D eigenvalue weighted by molar-refractivity contribution is -0.171. The van der Waals surface area contributed by atoms with Gasteiger partial charge in [0.25, 0.3) is 0 Å². The molecule has 1 aliphatic heterocycles. The Morgan fingerprint density at radius 3 is 2.09 bits per heavy atom. The van der Waals surface area contributed by atoms with Gasteiger partial charge in [0.2, 0.25) is 0 Å². The number of hydrogen-bond acceptors (Lipinski definition) is 7. The molecule has 3 aromatic carbocycles. The van der Waals surface area contributed by atoms with E-state index in [9.17, 15) is 0 Å². The Labute approximate surface area is 251 Å². The summed E-state index contributed by atoms with van der Waals surface area (Å²) in [6, 6.07) is 34.0. The van der Waals surface area contributed by atoms with Crippen LogP contribution in [0.15, 0.2) is 122 Å². The summed E-state index contributed by atoms with van der Waals surface area (Å²) in [6.07, 6.45) is 2.17. The average Bonchev–Trinajstić information content (AvgIpc) is 3.59. The van der Waals surface area contributed by atoms with E-state index in [-0.39, 0.29) is 6.61 Å². The molecule has 8 heteroatoms. The Hall–Kier alpha value is -4.34. The molecule has 43 heavy (non-hydrogen) atoms. The second-order valence-corrected chi connectivity index (χ2v) is 10.9. The van der Waals surface area contributed by atoms with E-state index in [4.69, 9.17) is 24.7 Å². The zero-order chi connectivity index (χ0) is 29.7. The number of aromatic nitrogens is 3. The molecule has 1 fully saturated rings. The fourth-order valence-electron chi connectivity index (χ4n) is 5.90. The summed E-state index contributed by atoms with van der Waals surface area (Å²) in [7, 11) is 0. The first-order chi connectivity index (χ1) is 21.0. The monoisotopic (exact) mass is 576 g/mol. The second kappa shape index (κ2) is 12.5. The molecule has 2 N–H and O–H groups in total. The summed E-state index contributed by atoms with van der Waals surface area (Å²) in [5.74, 6) is 0.366. The van der Waals surface area contributed by atoms with Gasteiger partial charge in [-0.2, -0.15) is 5.10 Å². The Balaban J connectivity index is 1.41. The van der Waals surface area contributed by atoms with Gasteiger partial charge in [0, 0.05) is 0 Å². The molecule has 4 atom stereocenters. The highest BCUT2D eigenvalue weighted by atomic mass is 16.6. The minimum atomic E-state index is -1.18.